The molecule has 0 N–H and O–H groups in total. The molecule has 0 saturated heterocycles. The number of hydrogen-bond donors (Lipinski definition) is 0. The van der Waals surface area contributed by atoms with E-state index in [2.05, 4.69) is 20.8 Å². The van der Waals surface area contributed by atoms with Crippen molar-refractivity contribution in [3.05, 3.63) is 11.6 Å². The van der Waals surface area contributed by atoms with E-state index in [1.165, 1.54) is 5.57 Å². The number of ether oxygens (including phenoxy) is 1. The third kappa shape index (κ3) is 4.23. The summed E-state index contributed by atoms with van der Waals surface area (Å²) in [4.78, 5) is 37.2. The van der Waals surface area contributed by atoms with E-state index in [0.717, 1.165) is 70.6 Å². The van der Waals surface area contributed by atoms with Gasteiger partial charge in [0.05, 0.1) is 0 Å². The van der Waals surface area contributed by atoms with Gasteiger partial charge in [-0.25, -0.2) is 0 Å². The summed E-state index contributed by atoms with van der Waals surface area (Å²) in [5.41, 5.74) is 1.61. The summed E-state index contributed by atoms with van der Waals surface area (Å²) in [6.07, 6.45) is 14.8. The van der Waals surface area contributed by atoms with E-state index in [1.807, 2.05) is 6.08 Å². The van der Waals surface area contributed by atoms with E-state index >= 15 is 0 Å². The molecule has 0 bridgehead atoms. The van der Waals surface area contributed by atoms with Crippen molar-refractivity contribution in [1.82, 2.24) is 0 Å². The predicted molar refractivity (Wildman–Crippen MR) is 125 cm³/mol. The predicted octanol–water partition coefficient (Wildman–Crippen LogP) is 6.22. The van der Waals surface area contributed by atoms with Gasteiger partial charge in [-0.2, -0.15) is 0 Å². The molecule has 0 radical (unpaired) electrons. The van der Waals surface area contributed by atoms with Crippen LogP contribution in [0.25, 0.3) is 0 Å². The van der Waals surface area contributed by atoms with Crippen molar-refractivity contribution in [2.24, 2.45) is 34.5 Å². The maximum Gasteiger partial charge on any atom is 0.306 e. The van der Waals surface area contributed by atoms with Gasteiger partial charge in [-0.15, -0.1) is 0 Å². The standard InChI is InChI=1S/C28H42O4/c1-4-5-6-7-8-26(31)32-18-25(30)24-12-11-22-21-10-9-19-17-20(29)13-15-27(19,2)23(21)14-16-28(22,24)3/h17,21-24H,4-16,18H2,1-3H3/t21?,22?,23?,24-,27+,28+/m1/s1. The summed E-state index contributed by atoms with van der Waals surface area (Å²) in [6.45, 7) is 6.86. The first-order valence-corrected chi connectivity index (χ1v) is 13.2. The normalized spacial score (nSPS) is 38.3. The first kappa shape index (κ1) is 23.7. The fourth-order valence-electron chi connectivity index (χ4n) is 8.11. The summed E-state index contributed by atoms with van der Waals surface area (Å²) in [5.74, 6) is 2.13. The molecule has 0 aromatic heterocycles. The SMILES string of the molecule is CCCCCCC(=O)OCC(=O)[C@H]1CCC2C3CCC4=CC(=O)CC[C@]4(C)C3CC[C@@]21C. The highest BCUT2D eigenvalue weighted by Gasteiger charge is 2.60. The number of Topliss-reactive ketones (excluding diaryl/α,β-unsaturated/α-hetero) is 1. The van der Waals surface area contributed by atoms with Crippen molar-refractivity contribution < 1.29 is 19.1 Å². The molecule has 0 spiro atoms. The van der Waals surface area contributed by atoms with Gasteiger partial charge in [0.1, 0.15) is 6.61 Å². The fourth-order valence-corrected chi connectivity index (χ4v) is 8.11. The zero-order valence-corrected chi connectivity index (χ0v) is 20.4. The maximum atomic E-state index is 13.1. The maximum absolute atomic E-state index is 13.1. The molecule has 3 saturated carbocycles. The van der Waals surface area contributed by atoms with Gasteiger partial charge in [0.2, 0.25) is 0 Å². The van der Waals surface area contributed by atoms with E-state index in [1.54, 1.807) is 0 Å². The summed E-state index contributed by atoms with van der Waals surface area (Å²) < 4.78 is 5.40. The number of hydrogen-bond acceptors (Lipinski definition) is 4. The molecule has 6 atom stereocenters. The van der Waals surface area contributed by atoms with E-state index in [-0.39, 0.29) is 35.1 Å². The lowest BCUT2D eigenvalue weighted by molar-refractivity contribution is -0.151. The van der Waals surface area contributed by atoms with Crippen LogP contribution in [0.2, 0.25) is 0 Å². The number of rotatable bonds is 8. The van der Waals surface area contributed by atoms with Crippen LogP contribution in [0.1, 0.15) is 104 Å². The van der Waals surface area contributed by atoms with Crippen LogP contribution in [0, 0.1) is 34.5 Å². The number of carbonyl (C=O) groups is 3. The lowest BCUT2D eigenvalue weighted by Crippen LogP contribution is -2.51. The number of esters is 1. The van der Waals surface area contributed by atoms with Crippen LogP contribution in [0.5, 0.6) is 0 Å². The Kier molecular flexibility index (Phi) is 6.98. The molecule has 4 aliphatic rings. The van der Waals surface area contributed by atoms with E-state index in [9.17, 15) is 14.4 Å². The van der Waals surface area contributed by atoms with Gasteiger partial charge >= 0.3 is 5.97 Å². The molecule has 0 aliphatic heterocycles. The van der Waals surface area contributed by atoms with Gasteiger partial charge in [0.25, 0.3) is 0 Å². The third-order valence-corrected chi connectivity index (χ3v) is 9.96. The smallest absolute Gasteiger partial charge is 0.306 e. The fraction of sp³-hybridized carbons (Fsp3) is 0.821. The molecule has 0 amide bonds. The van der Waals surface area contributed by atoms with E-state index in [4.69, 9.17) is 4.74 Å². The number of ketones is 2. The second-order valence-electron chi connectivity index (χ2n) is 11.6. The van der Waals surface area contributed by atoms with Gasteiger partial charge in [-0.05, 0) is 86.0 Å². The average molecular weight is 443 g/mol. The van der Waals surface area contributed by atoms with Crippen LogP contribution in [0.3, 0.4) is 0 Å². The number of allylic oxidation sites excluding steroid dienone is 1. The molecule has 4 heteroatoms. The third-order valence-electron chi connectivity index (χ3n) is 9.96. The quantitative estimate of drug-likeness (QED) is 0.331. The van der Waals surface area contributed by atoms with Gasteiger partial charge < -0.3 is 4.74 Å². The molecule has 4 aliphatic carbocycles. The summed E-state index contributed by atoms with van der Waals surface area (Å²) in [5, 5.41) is 0. The molecule has 4 nitrogen and oxygen atoms in total. The van der Waals surface area contributed by atoms with Crippen molar-refractivity contribution >= 4 is 17.5 Å². The Morgan fingerprint density at radius 1 is 1.00 bits per heavy atom. The minimum atomic E-state index is -0.218. The van der Waals surface area contributed by atoms with Crippen LogP contribution in [-0.2, 0) is 19.1 Å². The summed E-state index contributed by atoms with van der Waals surface area (Å²) in [6, 6.07) is 0. The minimum Gasteiger partial charge on any atom is -0.458 e. The molecular formula is C28H42O4. The van der Waals surface area contributed by atoms with Crippen molar-refractivity contribution in [3.63, 3.8) is 0 Å². The first-order chi connectivity index (χ1) is 15.3. The topological polar surface area (TPSA) is 60.4 Å². The van der Waals surface area contributed by atoms with Crippen molar-refractivity contribution in [3.8, 4) is 0 Å². The van der Waals surface area contributed by atoms with Gasteiger partial charge in [-0.1, -0.05) is 45.6 Å². The molecule has 178 valence electrons. The Hall–Kier alpha value is -1.45. The molecule has 3 fully saturated rings. The van der Waals surface area contributed by atoms with Crippen molar-refractivity contribution in [2.75, 3.05) is 6.61 Å². The molecule has 0 aromatic carbocycles. The molecule has 32 heavy (non-hydrogen) atoms. The van der Waals surface area contributed by atoms with Crippen LogP contribution in [0.4, 0.5) is 0 Å². The van der Waals surface area contributed by atoms with Gasteiger partial charge in [-0.3, -0.25) is 14.4 Å². The van der Waals surface area contributed by atoms with Gasteiger partial charge in [0.15, 0.2) is 11.6 Å². The second-order valence-corrected chi connectivity index (χ2v) is 11.6. The summed E-state index contributed by atoms with van der Waals surface area (Å²) >= 11 is 0. The van der Waals surface area contributed by atoms with Crippen LogP contribution >= 0.6 is 0 Å². The molecule has 4 rings (SSSR count). The minimum absolute atomic E-state index is 0.0269. The lowest BCUT2D eigenvalue weighted by atomic mass is 9.46. The Labute approximate surface area is 193 Å². The van der Waals surface area contributed by atoms with Crippen LogP contribution < -0.4 is 0 Å². The Balaban J connectivity index is 1.38. The highest BCUT2D eigenvalue weighted by molar-refractivity contribution is 5.91. The Morgan fingerprint density at radius 3 is 2.59 bits per heavy atom. The monoisotopic (exact) mass is 442 g/mol. The van der Waals surface area contributed by atoms with Gasteiger partial charge in [0, 0.05) is 18.8 Å². The van der Waals surface area contributed by atoms with Crippen LogP contribution in [-0.4, -0.2) is 24.1 Å². The highest BCUT2D eigenvalue weighted by atomic mass is 16.5. The number of carbonyl (C=O) groups excluding carboxylic acids is 3. The van der Waals surface area contributed by atoms with Crippen LogP contribution in [0.15, 0.2) is 11.6 Å². The lowest BCUT2D eigenvalue weighted by Gasteiger charge is -2.58. The number of unbranched alkanes of at least 4 members (excludes halogenated alkanes) is 3. The van der Waals surface area contributed by atoms with Crippen molar-refractivity contribution in [1.29, 1.82) is 0 Å². The summed E-state index contributed by atoms with van der Waals surface area (Å²) in [7, 11) is 0. The first-order valence-electron chi connectivity index (χ1n) is 13.2. The average Bonchev–Trinajstić information content (AvgIpc) is 3.13. The molecule has 0 aromatic rings. The van der Waals surface area contributed by atoms with Crippen molar-refractivity contribution in [2.45, 2.75) is 104 Å². The molecule has 3 unspecified atom stereocenters. The zero-order chi connectivity index (χ0) is 22.9. The Bertz CT molecular complexity index is 782. The largest absolute Gasteiger partial charge is 0.458 e. The van der Waals surface area contributed by atoms with E-state index < -0.39 is 0 Å². The van der Waals surface area contributed by atoms with E-state index in [0.29, 0.717) is 36.4 Å². The molecule has 0 heterocycles. The molecular weight excluding hydrogens is 400 g/mol. The highest BCUT2D eigenvalue weighted by Crippen LogP contribution is 2.66. The zero-order valence-electron chi connectivity index (χ0n) is 20.4. The Morgan fingerprint density at radius 2 is 1.81 bits per heavy atom. The second kappa shape index (κ2) is 9.43. The number of fused-ring (bicyclic) bond motifs is 5.